The molecule has 0 bridgehead atoms. The first-order valence-electron chi connectivity index (χ1n) is 8.25. The zero-order valence-corrected chi connectivity index (χ0v) is 15.2. The number of rotatable bonds is 7. The maximum absolute atomic E-state index is 12.5. The Bertz CT molecular complexity index is 961. The molecule has 6 heteroatoms. The number of furan rings is 1. The SMILES string of the molecule is N#C/C(=C/NCc1ccco1)C(=O)Nc1ccccc1Sc1ccccc1. The van der Waals surface area contributed by atoms with Crippen LogP contribution in [0.2, 0.25) is 0 Å². The number of benzene rings is 2. The van der Waals surface area contributed by atoms with E-state index in [2.05, 4.69) is 10.6 Å². The maximum Gasteiger partial charge on any atom is 0.267 e. The highest BCUT2D eigenvalue weighted by Crippen LogP contribution is 2.33. The van der Waals surface area contributed by atoms with Crippen LogP contribution in [0.3, 0.4) is 0 Å². The maximum atomic E-state index is 12.5. The van der Waals surface area contributed by atoms with E-state index in [0.717, 1.165) is 9.79 Å². The van der Waals surface area contributed by atoms with Crippen LogP contribution < -0.4 is 10.6 Å². The molecule has 2 aromatic carbocycles. The van der Waals surface area contributed by atoms with Gasteiger partial charge >= 0.3 is 0 Å². The minimum atomic E-state index is -0.467. The Morgan fingerprint density at radius 3 is 2.59 bits per heavy atom. The normalized spacial score (nSPS) is 10.9. The quantitative estimate of drug-likeness (QED) is 0.467. The van der Waals surface area contributed by atoms with Crippen molar-refractivity contribution in [1.29, 1.82) is 5.26 Å². The zero-order valence-electron chi connectivity index (χ0n) is 14.4. The van der Waals surface area contributed by atoms with Crippen LogP contribution in [-0.4, -0.2) is 5.91 Å². The second-order valence-corrected chi connectivity index (χ2v) is 6.61. The number of carbonyl (C=O) groups is 1. The summed E-state index contributed by atoms with van der Waals surface area (Å²) in [7, 11) is 0. The van der Waals surface area contributed by atoms with Crippen LogP contribution in [0.5, 0.6) is 0 Å². The predicted octanol–water partition coefficient (Wildman–Crippen LogP) is 4.57. The first-order valence-corrected chi connectivity index (χ1v) is 9.07. The molecule has 1 amide bonds. The lowest BCUT2D eigenvalue weighted by Crippen LogP contribution is -2.17. The van der Waals surface area contributed by atoms with Gasteiger partial charge in [0.1, 0.15) is 17.4 Å². The molecule has 27 heavy (non-hydrogen) atoms. The van der Waals surface area contributed by atoms with Gasteiger partial charge in [-0.15, -0.1) is 0 Å². The van der Waals surface area contributed by atoms with Gasteiger partial charge in [0.2, 0.25) is 0 Å². The molecule has 0 saturated carbocycles. The average Bonchev–Trinajstić information content (AvgIpc) is 3.21. The van der Waals surface area contributed by atoms with Crippen molar-refractivity contribution in [3.05, 3.63) is 90.5 Å². The molecule has 0 unspecified atom stereocenters. The second-order valence-electron chi connectivity index (χ2n) is 5.50. The highest BCUT2D eigenvalue weighted by atomic mass is 32.2. The number of hydrogen-bond donors (Lipinski definition) is 2. The van der Waals surface area contributed by atoms with Crippen LogP contribution in [-0.2, 0) is 11.3 Å². The van der Waals surface area contributed by atoms with E-state index < -0.39 is 5.91 Å². The van der Waals surface area contributed by atoms with Crippen LogP contribution in [0.4, 0.5) is 5.69 Å². The minimum absolute atomic E-state index is 0.0129. The summed E-state index contributed by atoms with van der Waals surface area (Å²) in [5.74, 6) is 0.249. The Kier molecular flexibility index (Phi) is 6.34. The fourth-order valence-corrected chi connectivity index (χ4v) is 3.20. The van der Waals surface area contributed by atoms with Crippen LogP contribution in [0.1, 0.15) is 5.76 Å². The summed E-state index contributed by atoms with van der Waals surface area (Å²) >= 11 is 1.55. The van der Waals surface area contributed by atoms with Gasteiger partial charge in [-0.05, 0) is 36.4 Å². The molecule has 0 saturated heterocycles. The molecular formula is C21H17N3O2S. The Balaban J connectivity index is 1.68. The molecule has 0 atom stereocenters. The summed E-state index contributed by atoms with van der Waals surface area (Å²) in [4.78, 5) is 14.4. The standard InChI is InChI=1S/C21H17N3O2S/c22-13-16(14-23-15-17-7-6-12-26-17)21(25)24-19-10-4-5-11-20(19)27-18-8-2-1-3-9-18/h1-12,14,23H,15H2,(H,24,25)/b16-14-. The van der Waals surface area contributed by atoms with E-state index >= 15 is 0 Å². The molecule has 2 N–H and O–H groups in total. The smallest absolute Gasteiger partial charge is 0.267 e. The van der Waals surface area contributed by atoms with Gasteiger partial charge in [0.15, 0.2) is 0 Å². The van der Waals surface area contributed by atoms with E-state index in [1.54, 1.807) is 24.1 Å². The van der Waals surface area contributed by atoms with Crippen molar-refractivity contribution < 1.29 is 9.21 Å². The molecule has 134 valence electrons. The lowest BCUT2D eigenvalue weighted by Gasteiger charge is -2.10. The summed E-state index contributed by atoms with van der Waals surface area (Å²) in [6.07, 6.45) is 2.96. The number of para-hydroxylation sites is 1. The van der Waals surface area contributed by atoms with Gasteiger partial charge in [-0.2, -0.15) is 5.26 Å². The third-order valence-electron chi connectivity index (χ3n) is 3.57. The fourth-order valence-electron chi connectivity index (χ4n) is 2.28. The van der Waals surface area contributed by atoms with Gasteiger partial charge in [0.25, 0.3) is 5.91 Å². The molecule has 0 aliphatic carbocycles. The van der Waals surface area contributed by atoms with Gasteiger partial charge in [-0.25, -0.2) is 0 Å². The highest BCUT2D eigenvalue weighted by Gasteiger charge is 2.12. The molecule has 5 nitrogen and oxygen atoms in total. The summed E-state index contributed by atoms with van der Waals surface area (Å²) < 4.78 is 5.20. The van der Waals surface area contributed by atoms with Crippen LogP contribution in [0, 0.1) is 11.3 Å². The van der Waals surface area contributed by atoms with Crippen molar-refractivity contribution in [2.75, 3.05) is 5.32 Å². The Morgan fingerprint density at radius 1 is 1.07 bits per heavy atom. The number of hydrogen-bond acceptors (Lipinski definition) is 5. The topological polar surface area (TPSA) is 78.1 Å². The van der Waals surface area contributed by atoms with Gasteiger partial charge < -0.3 is 15.1 Å². The zero-order chi connectivity index (χ0) is 18.9. The Hall–Kier alpha value is -3.43. The molecule has 0 radical (unpaired) electrons. The number of nitriles is 1. The molecule has 0 aliphatic rings. The van der Waals surface area contributed by atoms with Crippen molar-refractivity contribution in [1.82, 2.24) is 5.32 Å². The van der Waals surface area contributed by atoms with Crippen molar-refractivity contribution in [2.45, 2.75) is 16.3 Å². The van der Waals surface area contributed by atoms with Crippen LogP contribution in [0.15, 0.2) is 99.0 Å². The van der Waals surface area contributed by atoms with Gasteiger partial charge in [-0.1, -0.05) is 42.1 Å². The molecule has 0 spiro atoms. The largest absolute Gasteiger partial charge is 0.467 e. The molecule has 3 aromatic rings. The molecular weight excluding hydrogens is 358 g/mol. The summed E-state index contributed by atoms with van der Waals surface area (Å²) in [5.41, 5.74) is 0.643. The van der Waals surface area contributed by atoms with Gasteiger partial charge in [-0.3, -0.25) is 4.79 Å². The van der Waals surface area contributed by atoms with E-state index in [-0.39, 0.29) is 5.57 Å². The predicted molar refractivity (Wildman–Crippen MR) is 105 cm³/mol. The summed E-state index contributed by atoms with van der Waals surface area (Å²) in [5, 5.41) is 15.0. The first kappa shape index (κ1) is 18.4. The third-order valence-corrected chi connectivity index (χ3v) is 4.66. The van der Waals surface area contributed by atoms with Crippen LogP contribution >= 0.6 is 11.8 Å². The first-order chi connectivity index (χ1) is 13.3. The molecule has 0 fully saturated rings. The third kappa shape index (κ3) is 5.27. The van der Waals surface area contributed by atoms with E-state index in [4.69, 9.17) is 4.42 Å². The number of carbonyl (C=O) groups excluding carboxylic acids is 1. The average molecular weight is 375 g/mol. The summed E-state index contributed by atoms with van der Waals surface area (Å²) in [6, 6.07) is 22.9. The highest BCUT2D eigenvalue weighted by molar-refractivity contribution is 7.99. The Labute approximate surface area is 161 Å². The van der Waals surface area contributed by atoms with E-state index in [1.165, 1.54) is 6.20 Å². The van der Waals surface area contributed by atoms with E-state index in [9.17, 15) is 10.1 Å². The van der Waals surface area contributed by atoms with E-state index in [0.29, 0.717) is 18.0 Å². The molecule has 1 aromatic heterocycles. The Morgan fingerprint density at radius 2 is 1.85 bits per heavy atom. The second kappa shape index (κ2) is 9.32. The molecule has 1 heterocycles. The number of amides is 1. The fraction of sp³-hybridized carbons (Fsp3) is 0.0476. The minimum Gasteiger partial charge on any atom is -0.467 e. The summed E-state index contributed by atoms with van der Waals surface area (Å²) in [6.45, 7) is 0.395. The van der Waals surface area contributed by atoms with Crippen LogP contribution in [0.25, 0.3) is 0 Å². The molecule has 0 aliphatic heterocycles. The van der Waals surface area contributed by atoms with Crippen molar-refractivity contribution >= 4 is 23.4 Å². The lowest BCUT2D eigenvalue weighted by atomic mass is 10.2. The van der Waals surface area contributed by atoms with Gasteiger partial charge in [0.05, 0.1) is 18.5 Å². The molecule has 3 rings (SSSR count). The monoisotopic (exact) mass is 375 g/mol. The number of nitrogens with zero attached hydrogens (tertiary/aromatic N) is 1. The van der Waals surface area contributed by atoms with Crippen molar-refractivity contribution in [2.24, 2.45) is 0 Å². The number of anilines is 1. The van der Waals surface area contributed by atoms with Crippen molar-refractivity contribution in [3.8, 4) is 6.07 Å². The van der Waals surface area contributed by atoms with Crippen molar-refractivity contribution in [3.63, 3.8) is 0 Å². The number of nitrogens with one attached hydrogen (secondary N) is 2. The lowest BCUT2D eigenvalue weighted by molar-refractivity contribution is -0.112. The van der Waals surface area contributed by atoms with Gasteiger partial charge in [0, 0.05) is 16.0 Å². The van der Waals surface area contributed by atoms with E-state index in [1.807, 2.05) is 66.7 Å².